The summed E-state index contributed by atoms with van der Waals surface area (Å²) in [5, 5.41) is 3.15. The van der Waals surface area contributed by atoms with Crippen molar-refractivity contribution in [1.82, 2.24) is 5.32 Å². The van der Waals surface area contributed by atoms with E-state index in [-0.39, 0.29) is 10.8 Å². The van der Waals surface area contributed by atoms with E-state index < -0.39 is 21.6 Å². The summed E-state index contributed by atoms with van der Waals surface area (Å²) in [7, 11) is -3.69. The topological polar surface area (TPSA) is 46.2 Å². The molecule has 112 valence electrons. The predicted octanol–water partition coefficient (Wildman–Crippen LogP) is 2.58. The molecule has 0 radical (unpaired) electrons. The summed E-state index contributed by atoms with van der Waals surface area (Å²) in [6.45, 7) is 1.49. The molecule has 1 fully saturated rings. The number of sulfone groups is 1. The Kier molecular flexibility index (Phi) is 4.11. The molecule has 1 saturated heterocycles. The molecule has 20 heavy (non-hydrogen) atoms. The number of piperidine rings is 1. The summed E-state index contributed by atoms with van der Waals surface area (Å²) >= 11 is 0. The lowest BCUT2D eigenvalue weighted by Gasteiger charge is -2.25. The SMILES string of the molecule is CS(=O)(=O)c1cc(C(F)(F)F)ccc1C1CCNCC1. The minimum atomic E-state index is -4.54. The number of rotatable bonds is 2. The number of halogens is 3. The van der Waals surface area contributed by atoms with Gasteiger partial charge in [-0.15, -0.1) is 0 Å². The molecule has 1 aliphatic rings. The fourth-order valence-corrected chi connectivity index (χ4v) is 3.51. The van der Waals surface area contributed by atoms with E-state index in [2.05, 4.69) is 5.32 Å². The van der Waals surface area contributed by atoms with E-state index in [1.807, 2.05) is 0 Å². The lowest BCUT2D eigenvalue weighted by atomic mass is 9.89. The highest BCUT2D eigenvalue weighted by molar-refractivity contribution is 7.90. The summed E-state index contributed by atoms with van der Waals surface area (Å²) in [5.41, 5.74) is -0.419. The first kappa shape index (κ1) is 15.3. The van der Waals surface area contributed by atoms with E-state index >= 15 is 0 Å². The fourth-order valence-electron chi connectivity index (χ4n) is 2.50. The zero-order valence-corrected chi connectivity index (χ0v) is 11.8. The first-order chi connectivity index (χ1) is 9.19. The van der Waals surface area contributed by atoms with Crippen LogP contribution in [-0.4, -0.2) is 27.8 Å². The maximum Gasteiger partial charge on any atom is 0.416 e. The number of alkyl halides is 3. The summed E-state index contributed by atoms with van der Waals surface area (Å²) in [6.07, 6.45) is -2.12. The van der Waals surface area contributed by atoms with Gasteiger partial charge in [-0.05, 0) is 49.5 Å². The molecule has 1 heterocycles. The second-order valence-corrected chi connectivity index (χ2v) is 7.03. The Morgan fingerprint density at radius 2 is 1.80 bits per heavy atom. The molecule has 1 aromatic rings. The summed E-state index contributed by atoms with van der Waals surface area (Å²) < 4.78 is 61.8. The summed E-state index contributed by atoms with van der Waals surface area (Å²) in [4.78, 5) is -0.195. The quantitative estimate of drug-likeness (QED) is 0.913. The number of benzene rings is 1. The van der Waals surface area contributed by atoms with Gasteiger partial charge in [0.05, 0.1) is 10.5 Å². The number of hydrogen-bond donors (Lipinski definition) is 1. The highest BCUT2D eigenvalue weighted by Crippen LogP contribution is 2.36. The maximum absolute atomic E-state index is 12.7. The summed E-state index contributed by atoms with van der Waals surface area (Å²) in [5.74, 6) is -0.0109. The van der Waals surface area contributed by atoms with Crippen LogP contribution in [0.3, 0.4) is 0 Å². The zero-order chi connectivity index (χ0) is 15.0. The molecule has 1 aliphatic heterocycles. The van der Waals surface area contributed by atoms with Crippen molar-refractivity contribution in [3.63, 3.8) is 0 Å². The second kappa shape index (κ2) is 5.37. The molecule has 0 atom stereocenters. The van der Waals surface area contributed by atoms with E-state index in [1.54, 1.807) is 0 Å². The molecule has 0 aliphatic carbocycles. The van der Waals surface area contributed by atoms with Gasteiger partial charge in [0, 0.05) is 6.26 Å². The Labute approximate surface area is 116 Å². The van der Waals surface area contributed by atoms with E-state index in [0.29, 0.717) is 5.56 Å². The van der Waals surface area contributed by atoms with Crippen molar-refractivity contribution in [1.29, 1.82) is 0 Å². The average Bonchev–Trinajstić information content (AvgIpc) is 2.37. The van der Waals surface area contributed by atoms with Gasteiger partial charge in [-0.25, -0.2) is 8.42 Å². The highest BCUT2D eigenvalue weighted by Gasteiger charge is 2.33. The van der Waals surface area contributed by atoms with Crippen LogP contribution in [0.4, 0.5) is 13.2 Å². The Morgan fingerprint density at radius 3 is 2.30 bits per heavy atom. The van der Waals surface area contributed by atoms with Crippen molar-refractivity contribution in [3.05, 3.63) is 29.3 Å². The van der Waals surface area contributed by atoms with Gasteiger partial charge in [0.1, 0.15) is 0 Å². The van der Waals surface area contributed by atoms with Crippen molar-refractivity contribution in [2.75, 3.05) is 19.3 Å². The second-order valence-electron chi connectivity index (χ2n) is 5.05. The molecule has 0 saturated carbocycles. The molecule has 0 amide bonds. The van der Waals surface area contributed by atoms with Crippen molar-refractivity contribution < 1.29 is 21.6 Å². The minimum absolute atomic E-state index is 0.0109. The third kappa shape index (κ3) is 3.32. The van der Waals surface area contributed by atoms with Crippen molar-refractivity contribution >= 4 is 9.84 Å². The Bertz CT molecular complexity index is 590. The standard InChI is InChI=1S/C13H16F3NO2S/c1-20(18,19)12-8-10(13(14,15)16)2-3-11(12)9-4-6-17-7-5-9/h2-3,8-9,17H,4-7H2,1H3. The molecule has 0 spiro atoms. The van der Waals surface area contributed by atoms with Crippen LogP contribution < -0.4 is 5.32 Å². The molecule has 0 aromatic heterocycles. The van der Waals surface area contributed by atoms with Gasteiger partial charge in [-0.1, -0.05) is 6.07 Å². The number of nitrogens with one attached hydrogen (secondary N) is 1. The Balaban J connectivity index is 2.51. The van der Waals surface area contributed by atoms with Gasteiger partial charge in [0.2, 0.25) is 0 Å². The molecule has 1 aromatic carbocycles. The zero-order valence-electron chi connectivity index (χ0n) is 11.0. The molecular formula is C13H16F3NO2S. The smallest absolute Gasteiger partial charge is 0.317 e. The van der Waals surface area contributed by atoms with Gasteiger partial charge in [0.25, 0.3) is 0 Å². The largest absolute Gasteiger partial charge is 0.416 e. The van der Waals surface area contributed by atoms with Gasteiger partial charge >= 0.3 is 6.18 Å². The Hall–Kier alpha value is -1.08. The number of hydrogen-bond acceptors (Lipinski definition) is 3. The molecule has 1 N–H and O–H groups in total. The molecule has 2 rings (SSSR count). The predicted molar refractivity (Wildman–Crippen MR) is 69.4 cm³/mol. The van der Waals surface area contributed by atoms with Gasteiger partial charge < -0.3 is 5.32 Å². The molecule has 0 unspecified atom stereocenters. The van der Waals surface area contributed by atoms with Crippen LogP contribution in [0.1, 0.15) is 29.9 Å². The van der Waals surface area contributed by atoms with Gasteiger partial charge in [-0.3, -0.25) is 0 Å². The van der Waals surface area contributed by atoms with Crippen molar-refractivity contribution in [2.45, 2.75) is 29.8 Å². The van der Waals surface area contributed by atoms with Crippen LogP contribution in [0, 0.1) is 0 Å². The van der Waals surface area contributed by atoms with Crippen LogP contribution in [0.15, 0.2) is 23.1 Å². The third-order valence-corrected chi connectivity index (χ3v) is 4.67. The molecule has 0 bridgehead atoms. The fraction of sp³-hybridized carbons (Fsp3) is 0.538. The van der Waals surface area contributed by atoms with Gasteiger partial charge in [-0.2, -0.15) is 13.2 Å². The van der Waals surface area contributed by atoms with Gasteiger partial charge in [0.15, 0.2) is 9.84 Å². The van der Waals surface area contributed by atoms with Crippen LogP contribution >= 0.6 is 0 Å². The van der Waals surface area contributed by atoms with Crippen LogP contribution in [-0.2, 0) is 16.0 Å². The van der Waals surface area contributed by atoms with Crippen molar-refractivity contribution in [2.24, 2.45) is 0 Å². The van der Waals surface area contributed by atoms with Crippen LogP contribution in [0.5, 0.6) is 0 Å². The minimum Gasteiger partial charge on any atom is -0.317 e. The molecule has 3 nitrogen and oxygen atoms in total. The highest BCUT2D eigenvalue weighted by atomic mass is 32.2. The van der Waals surface area contributed by atoms with Crippen LogP contribution in [0.2, 0.25) is 0 Å². The average molecular weight is 307 g/mol. The maximum atomic E-state index is 12.7. The summed E-state index contributed by atoms with van der Waals surface area (Å²) in [6, 6.07) is 3.04. The van der Waals surface area contributed by atoms with E-state index in [0.717, 1.165) is 44.3 Å². The first-order valence-corrected chi connectivity index (χ1v) is 8.20. The normalized spacial score (nSPS) is 18.2. The molecule has 7 heteroatoms. The van der Waals surface area contributed by atoms with Crippen molar-refractivity contribution in [3.8, 4) is 0 Å². The first-order valence-electron chi connectivity index (χ1n) is 6.31. The Morgan fingerprint density at radius 1 is 1.20 bits per heavy atom. The van der Waals surface area contributed by atoms with E-state index in [4.69, 9.17) is 0 Å². The molecular weight excluding hydrogens is 291 g/mol. The lowest BCUT2D eigenvalue weighted by molar-refractivity contribution is -0.137. The van der Waals surface area contributed by atoms with E-state index in [9.17, 15) is 21.6 Å². The monoisotopic (exact) mass is 307 g/mol. The lowest BCUT2D eigenvalue weighted by Crippen LogP contribution is -2.27. The third-order valence-electron chi connectivity index (χ3n) is 3.52. The van der Waals surface area contributed by atoms with E-state index in [1.165, 1.54) is 6.07 Å². The van der Waals surface area contributed by atoms with Crippen LogP contribution in [0.25, 0.3) is 0 Å².